The fourth-order valence-electron chi connectivity index (χ4n) is 7.45. The maximum atomic E-state index is 6.78. The first-order valence-corrected chi connectivity index (χ1v) is 17.3. The van der Waals surface area contributed by atoms with E-state index in [9.17, 15) is 0 Å². The van der Waals surface area contributed by atoms with Crippen LogP contribution in [0.1, 0.15) is 16.0 Å². The molecule has 0 amide bonds. The smallest absolute Gasteiger partial charge is 0.135 e. The zero-order valence-electron chi connectivity index (χ0n) is 26.4. The average Bonchev–Trinajstić information content (AvgIpc) is 3.81. The van der Waals surface area contributed by atoms with E-state index < -0.39 is 0 Å². The Balaban J connectivity index is 1.18. The summed E-state index contributed by atoms with van der Waals surface area (Å²) in [6.45, 7) is 0.480. The summed E-state index contributed by atoms with van der Waals surface area (Å²) in [5.41, 5.74) is 15.8. The minimum Gasteiger partial charge on any atom is -0.456 e. The van der Waals surface area contributed by atoms with Gasteiger partial charge >= 0.3 is 0 Å². The first kappa shape index (κ1) is 27.9. The number of thiophene rings is 1. The molecule has 0 saturated carbocycles. The Morgan fingerprint density at radius 2 is 1.41 bits per heavy atom. The fraction of sp³-hybridized carbons (Fsp3) is 0.0227. The third kappa shape index (κ3) is 4.33. The predicted molar refractivity (Wildman–Crippen MR) is 208 cm³/mol. The molecule has 0 radical (unpaired) electrons. The number of furan rings is 1. The molecule has 0 atom stereocenters. The van der Waals surface area contributed by atoms with Gasteiger partial charge in [-0.3, -0.25) is 4.99 Å². The van der Waals surface area contributed by atoms with Crippen molar-refractivity contribution < 1.29 is 4.42 Å². The van der Waals surface area contributed by atoms with Gasteiger partial charge in [0.25, 0.3) is 0 Å². The van der Waals surface area contributed by atoms with Crippen LogP contribution in [-0.4, -0.2) is 10.3 Å². The summed E-state index contributed by atoms with van der Waals surface area (Å²) in [5, 5.41) is 8.18. The van der Waals surface area contributed by atoms with E-state index in [1.807, 2.05) is 12.1 Å². The Kier molecular flexibility index (Phi) is 6.23. The fourth-order valence-corrected chi connectivity index (χ4v) is 8.61. The van der Waals surface area contributed by atoms with Crippen LogP contribution in [-0.2, 0) is 6.54 Å². The zero-order chi connectivity index (χ0) is 32.5. The average molecular weight is 648 g/mol. The highest BCUT2D eigenvalue weighted by Gasteiger charge is 2.19. The van der Waals surface area contributed by atoms with E-state index in [0.717, 1.165) is 65.1 Å². The van der Waals surface area contributed by atoms with E-state index in [4.69, 9.17) is 15.1 Å². The second-order valence-corrected chi connectivity index (χ2v) is 13.5. The van der Waals surface area contributed by atoms with Gasteiger partial charge in [-0.15, -0.1) is 11.3 Å². The van der Waals surface area contributed by atoms with Crippen LogP contribution in [0, 0.1) is 0 Å². The maximum Gasteiger partial charge on any atom is 0.135 e. The van der Waals surface area contributed by atoms with Crippen LogP contribution >= 0.6 is 11.3 Å². The number of nitrogens with two attached hydrogens (primary N) is 1. The molecule has 0 aliphatic heterocycles. The second kappa shape index (κ2) is 10.9. The van der Waals surface area contributed by atoms with Crippen molar-refractivity contribution in [3.63, 3.8) is 0 Å². The number of rotatable bonds is 5. The highest BCUT2D eigenvalue weighted by Crippen LogP contribution is 2.40. The molecule has 5 heteroatoms. The van der Waals surface area contributed by atoms with Crippen LogP contribution < -0.4 is 5.73 Å². The molecule has 10 aromatic rings. The van der Waals surface area contributed by atoms with Crippen molar-refractivity contribution >= 4 is 87.3 Å². The second-order valence-electron chi connectivity index (χ2n) is 12.5. The zero-order valence-corrected chi connectivity index (χ0v) is 27.2. The van der Waals surface area contributed by atoms with Crippen molar-refractivity contribution in [2.75, 3.05) is 5.73 Å². The molecular formula is C44H29N3OS. The number of fused-ring (bicyclic) bond motifs is 9. The van der Waals surface area contributed by atoms with Gasteiger partial charge in [-0.2, -0.15) is 0 Å². The predicted octanol–water partition coefficient (Wildman–Crippen LogP) is 11.7. The summed E-state index contributed by atoms with van der Waals surface area (Å²) in [4.78, 5) is 6.31. The van der Waals surface area contributed by atoms with Gasteiger partial charge < -0.3 is 14.7 Å². The number of para-hydroxylation sites is 1. The van der Waals surface area contributed by atoms with Crippen LogP contribution in [0.5, 0.6) is 0 Å². The van der Waals surface area contributed by atoms with E-state index in [1.165, 1.54) is 32.6 Å². The van der Waals surface area contributed by atoms with Gasteiger partial charge in [-0.05, 0) is 47.3 Å². The van der Waals surface area contributed by atoms with Gasteiger partial charge in [-0.25, -0.2) is 0 Å². The normalized spacial score (nSPS) is 12.4. The summed E-state index contributed by atoms with van der Waals surface area (Å²) in [6, 6.07) is 53.3. The molecular weight excluding hydrogens is 619 g/mol. The molecule has 0 bridgehead atoms. The summed E-state index contributed by atoms with van der Waals surface area (Å²) < 4.78 is 10.0. The van der Waals surface area contributed by atoms with Crippen molar-refractivity contribution in [2.45, 2.75) is 6.54 Å². The van der Waals surface area contributed by atoms with Crippen molar-refractivity contribution in [3.8, 4) is 5.69 Å². The molecule has 232 valence electrons. The molecule has 4 nitrogen and oxygen atoms in total. The Labute approximate surface area is 286 Å². The molecule has 2 N–H and O–H groups in total. The summed E-state index contributed by atoms with van der Waals surface area (Å²) in [7, 11) is 0. The lowest BCUT2D eigenvalue weighted by Gasteiger charge is -2.10. The molecule has 49 heavy (non-hydrogen) atoms. The lowest BCUT2D eigenvalue weighted by molar-refractivity contribution is 0.668. The molecule has 3 heterocycles. The number of benzene rings is 7. The van der Waals surface area contributed by atoms with Crippen molar-refractivity contribution in [2.24, 2.45) is 4.99 Å². The molecule has 3 aromatic heterocycles. The Morgan fingerprint density at radius 1 is 0.633 bits per heavy atom. The van der Waals surface area contributed by atoms with Crippen LogP contribution in [0.25, 0.3) is 70.3 Å². The number of hydrogen-bond donors (Lipinski definition) is 1. The lowest BCUT2D eigenvalue weighted by atomic mass is 10.0. The molecule has 0 aliphatic rings. The van der Waals surface area contributed by atoms with Gasteiger partial charge in [0.1, 0.15) is 11.2 Å². The third-order valence-electron chi connectivity index (χ3n) is 9.69. The summed E-state index contributed by atoms with van der Waals surface area (Å²) >= 11 is 1.70. The van der Waals surface area contributed by atoms with E-state index in [-0.39, 0.29) is 0 Å². The highest BCUT2D eigenvalue weighted by atomic mass is 32.1. The number of hydrogen-bond acceptors (Lipinski definition) is 4. The minimum atomic E-state index is 0.480. The molecule has 0 fully saturated rings. The highest BCUT2D eigenvalue weighted by molar-refractivity contribution is 7.21. The number of anilines is 1. The van der Waals surface area contributed by atoms with Crippen LogP contribution in [0.3, 0.4) is 0 Å². The molecule has 10 rings (SSSR count). The summed E-state index contributed by atoms with van der Waals surface area (Å²) in [6.07, 6.45) is 0. The third-order valence-corrected chi connectivity index (χ3v) is 10.9. The molecule has 7 aromatic carbocycles. The van der Waals surface area contributed by atoms with Gasteiger partial charge in [-0.1, -0.05) is 115 Å². The summed E-state index contributed by atoms with van der Waals surface area (Å²) in [5.74, 6) is 0. The Bertz CT molecular complexity index is 2930. The first-order chi connectivity index (χ1) is 24.2. The quantitative estimate of drug-likeness (QED) is 0.189. The van der Waals surface area contributed by atoms with Gasteiger partial charge in [0.15, 0.2) is 0 Å². The monoisotopic (exact) mass is 647 g/mol. The lowest BCUT2D eigenvalue weighted by Crippen LogP contribution is -2.05. The minimum absolute atomic E-state index is 0.480. The number of aromatic nitrogens is 1. The van der Waals surface area contributed by atoms with Crippen LogP contribution in [0.4, 0.5) is 5.69 Å². The van der Waals surface area contributed by atoms with E-state index in [0.29, 0.717) is 6.54 Å². The van der Waals surface area contributed by atoms with Gasteiger partial charge in [0.05, 0.1) is 33.9 Å². The number of nitrogen functional groups attached to an aromatic ring is 1. The SMILES string of the molecule is Nc1c(/C(=N\Cc2cccc3oc4ccc(-n5c6ccccc6c6ccc7ccccc7c65)cc4c23)c2ccccc2)sc2ccccc12. The van der Waals surface area contributed by atoms with Gasteiger partial charge in [0.2, 0.25) is 0 Å². The number of aliphatic imine (C=N–C) groups is 1. The molecule has 0 spiro atoms. The van der Waals surface area contributed by atoms with E-state index in [1.54, 1.807) is 11.3 Å². The van der Waals surface area contributed by atoms with Crippen molar-refractivity contribution in [1.29, 1.82) is 0 Å². The molecule has 0 aliphatic carbocycles. The largest absolute Gasteiger partial charge is 0.456 e. The number of nitrogens with zero attached hydrogens (tertiary/aromatic N) is 2. The van der Waals surface area contributed by atoms with Crippen molar-refractivity contribution in [1.82, 2.24) is 4.57 Å². The van der Waals surface area contributed by atoms with Crippen LogP contribution in [0.2, 0.25) is 0 Å². The van der Waals surface area contributed by atoms with Crippen LogP contribution in [0.15, 0.2) is 161 Å². The van der Waals surface area contributed by atoms with Crippen molar-refractivity contribution in [3.05, 3.63) is 168 Å². The maximum absolute atomic E-state index is 6.78. The Morgan fingerprint density at radius 3 is 2.29 bits per heavy atom. The first-order valence-electron chi connectivity index (χ1n) is 16.5. The van der Waals surface area contributed by atoms with Gasteiger partial charge in [0, 0.05) is 48.3 Å². The van der Waals surface area contributed by atoms with E-state index in [2.05, 4.69) is 144 Å². The molecule has 0 saturated heterocycles. The Hall–Kier alpha value is -6.17. The standard InChI is InChI=1S/C44H29N3OS/c45-41-34-17-7-9-20-39(34)49-44(41)42(28-12-2-1-3-13-28)46-26-29-14-10-19-38-40(29)35-25-30(22-24-37(35)48-38)47-36-18-8-6-16-32(36)33-23-21-27-11-4-5-15-31(27)43(33)47/h1-25H,26,45H2/b46-42-. The van der Waals surface area contributed by atoms with E-state index >= 15 is 0 Å². The molecule has 0 unspecified atom stereocenters. The topological polar surface area (TPSA) is 56.4 Å².